The Morgan fingerprint density at radius 1 is 0.886 bits per heavy atom. The van der Waals surface area contributed by atoms with E-state index < -0.39 is 41.2 Å². The van der Waals surface area contributed by atoms with Gasteiger partial charge in [-0.3, -0.25) is 14.5 Å². The minimum atomic E-state index is -4.57. The van der Waals surface area contributed by atoms with Crippen molar-refractivity contribution in [3.05, 3.63) is 112 Å². The summed E-state index contributed by atoms with van der Waals surface area (Å²) in [5, 5.41) is 10.7. The predicted molar refractivity (Wildman–Crippen MR) is 120 cm³/mol. The molecule has 0 fully saturated rings. The Morgan fingerprint density at radius 3 is 2.00 bits per heavy atom. The van der Waals surface area contributed by atoms with Gasteiger partial charge in [0.15, 0.2) is 11.5 Å². The molecule has 35 heavy (non-hydrogen) atoms. The van der Waals surface area contributed by atoms with E-state index in [-0.39, 0.29) is 22.4 Å². The van der Waals surface area contributed by atoms with Gasteiger partial charge in [-0.2, -0.15) is 13.2 Å². The maximum atomic E-state index is 13.4. The van der Waals surface area contributed by atoms with E-state index in [1.54, 1.807) is 30.3 Å². The van der Waals surface area contributed by atoms with Crippen molar-refractivity contribution in [3.8, 4) is 0 Å². The number of Topliss-reactive ketones (excluding diaryl/α,β-unsaturated/α-hetero) is 1. The van der Waals surface area contributed by atoms with Gasteiger partial charge in [0, 0.05) is 11.3 Å². The van der Waals surface area contributed by atoms with Gasteiger partial charge in [0.05, 0.1) is 29.9 Å². The largest absolute Gasteiger partial charge is 0.503 e. The lowest BCUT2D eigenvalue weighted by Crippen LogP contribution is -2.31. The number of ether oxygens (including phenoxy) is 1. The normalized spacial score (nSPS) is 15.9. The molecule has 0 aromatic heterocycles. The van der Waals surface area contributed by atoms with Crippen LogP contribution in [0, 0.1) is 0 Å². The van der Waals surface area contributed by atoms with Crippen molar-refractivity contribution in [2.45, 2.75) is 12.2 Å². The number of carbonyl (C=O) groups excluding carboxylic acids is 3. The summed E-state index contributed by atoms with van der Waals surface area (Å²) in [7, 11) is 1.22. The lowest BCUT2D eigenvalue weighted by atomic mass is 9.92. The highest BCUT2D eigenvalue weighted by atomic mass is 19.4. The molecule has 9 heteroatoms. The fourth-order valence-corrected chi connectivity index (χ4v) is 3.90. The summed E-state index contributed by atoms with van der Waals surface area (Å²) in [5.41, 5.74) is -0.278. The van der Waals surface area contributed by atoms with Crippen molar-refractivity contribution in [2.75, 3.05) is 12.0 Å². The van der Waals surface area contributed by atoms with Gasteiger partial charge in [-0.1, -0.05) is 42.5 Å². The van der Waals surface area contributed by atoms with Crippen molar-refractivity contribution in [3.63, 3.8) is 0 Å². The first-order chi connectivity index (χ1) is 16.6. The van der Waals surface area contributed by atoms with Gasteiger partial charge in [0.2, 0.25) is 0 Å². The number of hydrogen-bond donors (Lipinski definition) is 1. The molecule has 3 aromatic carbocycles. The van der Waals surface area contributed by atoms with E-state index in [0.29, 0.717) is 5.56 Å². The second-order valence-corrected chi connectivity index (χ2v) is 7.69. The Morgan fingerprint density at radius 2 is 1.46 bits per heavy atom. The van der Waals surface area contributed by atoms with E-state index in [4.69, 9.17) is 0 Å². The third-order valence-corrected chi connectivity index (χ3v) is 5.61. The first-order valence-corrected chi connectivity index (χ1v) is 10.4. The summed E-state index contributed by atoms with van der Waals surface area (Å²) in [6.07, 6.45) is -4.57. The Bertz CT molecular complexity index is 1310. The van der Waals surface area contributed by atoms with Gasteiger partial charge in [0.25, 0.3) is 5.91 Å². The van der Waals surface area contributed by atoms with E-state index in [9.17, 15) is 32.7 Å². The van der Waals surface area contributed by atoms with Crippen LogP contribution in [0.3, 0.4) is 0 Å². The second-order valence-electron chi connectivity index (χ2n) is 7.69. The first-order valence-electron chi connectivity index (χ1n) is 10.4. The number of carbonyl (C=O) groups is 3. The number of benzene rings is 3. The molecule has 1 amide bonds. The minimum absolute atomic E-state index is 0.0762. The Kier molecular flexibility index (Phi) is 6.17. The van der Waals surface area contributed by atoms with Gasteiger partial charge < -0.3 is 9.84 Å². The van der Waals surface area contributed by atoms with Gasteiger partial charge in [0.1, 0.15) is 0 Å². The van der Waals surface area contributed by atoms with Crippen LogP contribution in [-0.4, -0.2) is 29.9 Å². The van der Waals surface area contributed by atoms with E-state index in [1.165, 1.54) is 31.4 Å². The summed E-state index contributed by atoms with van der Waals surface area (Å²) >= 11 is 0. The highest BCUT2D eigenvalue weighted by Crippen LogP contribution is 2.42. The monoisotopic (exact) mass is 481 g/mol. The number of aliphatic hydroxyl groups is 1. The Hall–Kier alpha value is -4.40. The van der Waals surface area contributed by atoms with E-state index in [0.717, 1.165) is 29.2 Å². The number of amides is 1. The third-order valence-electron chi connectivity index (χ3n) is 5.61. The molecule has 6 nitrogen and oxygen atoms in total. The highest BCUT2D eigenvalue weighted by molar-refractivity contribution is 6.21. The zero-order chi connectivity index (χ0) is 25.3. The van der Waals surface area contributed by atoms with Crippen LogP contribution in [0.15, 0.2) is 90.2 Å². The second kappa shape index (κ2) is 9.09. The minimum Gasteiger partial charge on any atom is -0.503 e. The molecule has 1 aliphatic rings. The van der Waals surface area contributed by atoms with Crippen LogP contribution < -0.4 is 4.90 Å². The molecule has 0 radical (unpaired) electrons. The third kappa shape index (κ3) is 4.40. The number of aliphatic hydroxyl groups excluding tert-OH is 1. The van der Waals surface area contributed by atoms with Crippen molar-refractivity contribution >= 4 is 23.3 Å². The van der Waals surface area contributed by atoms with Gasteiger partial charge >= 0.3 is 12.1 Å². The van der Waals surface area contributed by atoms with Gasteiger partial charge in [-0.15, -0.1) is 0 Å². The molecule has 1 heterocycles. The van der Waals surface area contributed by atoms with Crippen LogP contribution in [0.4, 0.5) is 18.9 Å². The molecule has 0 aliphatic carbocycles. The smallest absolute Gasteiger partial charge is 0.416 e. The molecule has 1 atom stereocenters. The molecule has 0 spiro atoms. The molecular weight excluding hydrogens is 463 g/mol. The average molecular weight is 481 g/mol. The maximum absolute atomic E-state index is 13.4. The lowest BCUT2D eigenvalue weighted by molar-refractivity contribution is -0.137. The number of alkyl halides is 3. The van der Waals surface area contributed by atoms with Crippen LogP contribution in [-0.2, 0) is 15.7 Å². The summed E-state index contributed by atoms with van der Waals surface area (Å²) < 4.78 is 43.7. The molecule has 0 bridgehead atoms. The van der Waals surface area contributed by atoms with Crippen LogP contribution in [0.1, 0.15) is 37.9 Å². The van der Waals surface area contributed by atoms with Crippen LogP contribution in [0.2, 0.25) is 0 Å². The van der Waals surface area contributed by atoms with Crippen LogP contribution >= 0.6 is 0 Å². The summed E-state index contributed by atoms with van der Waals surface area (Å²) in [6.45, 7) is 0. The average Bonchev–Trinajstić information content (AvgIpc) is 3.13. The lowest BCUT2D eigenvalue weighted by Gasteiger charge is -2.27. The van der Waals surface area contributed by atoms with Gasteiger partial charge in [-0.25, -0.2) is 4.79 Å². The standard InChI is InChI=1S/C26H18F3NO5/c1-35-25(34)17-9-7-16(8-10-17)22(31)20-21(15-5-3-2-4-6-15)30(24(33)23(20)32)19-13-11-18(12-14-19)26(27,28)29/h2-14,21,32H,1H3. The molecule has 1 unspecified atom stereocenters. The Balaban J connectivity index is 1.78. The SMILES string of the molecule is COC(=O)c1ccc(C(=O)C2=C(O)C(=O)N(c3ccc(C(F)(F)F)cc3)C2c2ccccc2)cc1. The fourth-order valence-electron chi connectivity index (χ4n) is 3.90. The zero-order valence-corrected chi connectivity index (χ0v) is 18.2. The van der Waals surface area contributed by atoms with Crippen molar-refractivity contribution in [2.24, 2.45) is 0 Å². The number of nitrogens with zero attached hydrogens (tertiary/aromatic N) is 1. The molecule has 0 saturated carbocycles. The highest BCUT2D eigenvalue weighted by Gasteiger charge is 2.44. The number of anilines is 1. The fraction of sp³-hybridized carbons (Fsp3) is 0.115. The van der Waals surface area contributed by atoms with E-state index in [1.807, 2.05) is 0 Å². The van der Waals surface area contributed by atoms with Crippen LogP contribution in [0.5, 0.6) is 0 Å². The van der Waals surface area contributed by atoms with E-state index >= 15 is 0 Å². The number of ketones is 1. The number of hydrogen-bond acceptors (Lipinski definition) is 5. The molecule has 3 aromatic rings. The summed E-state index contributed by atoms with van der Waals surface area (Å²) in [5.74, 6) is -3.00. The van der Waals surface area contributed by atoms with Gasteiger partial charge in [-0.05, 0) is 42.0 Å². The van der Waals surface area contributed by atoms with Crippen molar-refractivity contribution < 1.29 is 37.4 Å². The zero-order valence-electron chi connectivity index (χ0n) is 18.2. The maximum Gasteiger partial charge on any atom is 0.416 e. The summed E-state index contributed by atoms with van der Waals surface area (Å²) in [6, 6.07) is 16.6. The molecule has 1 N–H and O–H groups in total. The molecule has 4 rings (SSSR count). The predicted octanol–water partition coefficient (Wildman–Crippen LogP) is 5.27. The van der Waals surface area contributed by atoms with Crippen LogP contribution in [0.25, 0.3) is 0 Å². The Labute approximate surface area is 197 Å². The number of methoxy groups -OCH3 is 1. The topological polar surface area (TPSA) is 83.9 Å². The van der Waals surface area contributed by atoms with E-state index in [2.05, 4.69) is 4.74 Å². The molecule has 1 aliphatic heterocycles. The van der Waals surface area contributed by atoms with Crippen molar-refractivity contribution in [1.82, 2.24) is 0 Å². The quantitative estimate of drug-likeness (QED) is 0.396. The number of halogens is 3. The molecule has 178 valence electrons. The summed E-state index contributed by atoms with van der Waals surface area (Å²) in [4.78, 5) is 39.3. The molecule has 0 saturated heterocycles. The first kappa shape index (κ1) is 23.7. The molecular formula is C26H18F3NO5. The number of rotatable bonds is 5. The number of esters is 1. The van der Waals surface area contributed by atoms with Crippen molar-refractivity contribution in [1.29, 1.82) is 0 Å².